The first-order valence-corrected chi connectivity index (χ1v) is 6.17. The number of hydrogen-bond donors (Lipinski definition) is 1. The van der Waals surface area contributed by atoms with Gasteiger partial charge in [0.25, 0.3) is 0 Å². The van der Waals surface area contributed by atoms with Gasteiger partial charge in [0.05, 0.1) is 13.2 Å². The molecule has 2 nitrogen and oxygen atoms in total. The molecule has 0 saturated heterocycles. The van der Waals surface area contributed by atoms with Crippen LogP contribution in [0.2, 0.25) is 0 Å². The second kappa shape index (κ2) is 7.97. The standard InChI is InChI=1S/C11H19NOS/c1-2-5-12-6-8-13-7-3-11-4-9-14-10-11/h4,9-10,12H,2-3,5-8H2,1H3. The molecular weight excluding hydrogens is 194 g/mol. The number of nitrogens with one attached hydrogen (secondary N) is 1. The lowest BCUT2D eigenvalue weighted by Crippen LogP contribution is -2.20. The highest BCUT2D eigenvalue weighted by Gasteiger charge is 1.93. The van der Waals surface area contributed by atoms with Crippen LogP contribution in [0.15, 0.2) is 16.8 Å². The first-order valence-electron chi connectivity index (χ1n) is 5.23. The predicted molar refractivity (Wildman–Crippen MR) is 62.0 cm³/mol. The summed E-state index contributed by atoms with van der Waals surface area (Å²) < 4.78 is 5.50. The highest BCUT2D eigenvalue weighted by atomic mass is 32.1. The van der Waals surface area contributed by atoms with Crippen molar-refractivity contribution in [2.45, 2.75) is 19.8 Å². The molecule has 0 amide bonds. The first kappa shape index (κ1) is 11.7. The van der Waals surface area contributed by atoms with Crippen LogP contribution in [0.3, 0.4) is 0 Å². The quantitative estimate of drug-likeness (QED) is 0.669. The van der Waals surface area contributed by atoms with Gasteiger partial charge >= 0.3 is 0 Å². The summed E-state index contributed by atoms with van der Waals surface area (Å²) in [5.41, 5.74) is 1.39. The van der Waals surface area contributed by atoms with Crippen LogP contribution in [-0.4, -0.2) is 26.3 Å². The summed E-state index contributed by atoms with van der Waals surface area (Å²) in [5, 5.41) is 7.59. The number of hydrogen-bond acceptors (Lipinski definition) is 3. The van der Waals surface area contributed by atoms with Crippen LogP contribution >= 0.6 is 11.3 Å². The van der Waals surface area contributed by atoms with Gasteiger partial charge < -0.3 is 10.1 Å². The van der Waals surface area contributed by atoms with Crippen LogP contribution in [0, 0.1) is 0 Å². The Labute approximate surface area is 90.3 Å². The van der Waals surface area contributed by atoms with Crippen molar-refractivity contribution in [1.29, 1.82) is 0 Å². The molecule has 0 saturated carbocycles. The molecule has 0 aliphatic carbocycles. The third kappa shape index (κ3) is 5.37. The highest BCUT2D eigenvalue weighted by molar-refractivity contribution is 7.07. The number of rotatable bonds is 8. The zero-order chi connectivity index (χ0) is 10.1. The van der Waals surface area contributed by atoms with Crippen molar-refractivity contribution in [1.82, 2.24) is 5.32 Å². The molecule has 0 aliphatic heterocycles. The zero-order valence-corrected chi connectivity index (χ0v) is 9.61. The maximum atomic E-state index is 5.50. The molecule has 1 N–H and O–H groups in total. The second-order valence-electron chi connectivity index (χ2n) is 3.24. The van der Waals surface area contributed by atoms with E-state index in [-0.39, 0.29) is 0 Å². The summed E-state index contributed by atoms with van der Waals surface area (Å²) in [6.07, 6.45) is 2.23. The Bertz CT molecular complexity index is 211. The van der Waals surface area contributed by atoms with E-state index in [4.69, 9.17) is 4.74 Å². The number of ether oxygens (including phenoxy) is 1. The van der Waals surface area contributed by atoms with E-state index >= 15 is 0 Å². The molecular formula is C11H19NOS. The average Bonchev–Trinajstić information content (AvgIpc) is 2.69. The molecule has 0 fully saturated rings. The highest BCUT2D eigenvalue weighted by Crippen LogP contribution is 2.06. The Morgan fingerprint density at radius 2 is 2.29 bits per heavy atom. The van der Waals surface area contributed by atoms with Gasteiger partial charge in [0, 0.05) is 6.54 Å². The van der Waals surface area contributed by atoms with E-state index in [9.17, 15) is 0 Å². The third-order valence-electron chi connectivity index (χ3n) is 1.97. The summed E-state index contributed by atoms with van der Waals surface area (Å²) in [7, 11) is 0. The predicted octanol–water partition coefficient (Wildman–Crippen LogP) is 2.31. The van der Waals surface area contributed by atoms with Gasteiger partial charge in [-0.25, -0.2) is 0 Å². The molecule has 1 rings (SSSR count). The van der Waals surface area contributed by atoms with E-state index in [1.165, 1.54) is 12.0 Å². The summed E-state index contributed by atoms with van der Waals surface area (Å²) in [5.74, 6) is 0. The minimum absolute atomic E-state index is 0.824. The average molecular weight is 213 g/mol. The van der Waals surface area contributed by atoms with E-state index < -0.39 is 0 Å². The molecule has 0 aromatic carbocycles. The van der Waals surface area contributed by atoms with Crippen molar-refractivity contribution >= 4 is 11.3 Å². The summed E-state index contributed by atoms with van der Waals surface area (Å²) in [6.45, 7) is 5.89. The Hall–Kier alpha value is -0.380. The van der Waals surface area contributed by atoms with E-state index in [0.717, 1.165) is 32.7 Å². The molecule has 0 aliphatic rings. The second-order valence-corrected chi connectivity index (χ2v) is 4.02. The minimum atomic E-state index is 0.824. The summed E-state index contributed by atoms with van der Waals surface area (Å²) in [4.78, 5) is 0. The molecule has 80 valence electrons. The van der Waals surface area contributed by atoms with E-state index in [1.807, 2.05) is 0 Å². The van der Waals surface area contributed by atoms with Crippen LogP contribution < -0.4 is 5.32 Å². The van der Waals surface area contributed by atoms with E-state index in [0.29, 0.717) is 0 Å². The molecule has 0 unspecified atom stereocenters. The molecule has 0 bridgehead atoms. The van der Waals surface area contributed by atoms with Crippen LogP contribution in [0.5, 0.6) is 0 Å². The Kier molecular flexibility index (Phi) is 6.66. The van der Waals surface area contributed by atoms with Crippen molar-refractivity contribution in [2.24, 2.45) is 0 Å². The fraction of sp³-hybridized carbons (Fsp3) is 0.636. The van der Waals surface area contributed by atoms with Crippen LogP contribution in [0.1, 0.15) is 18.9 Å². The van der Waals surface area contributed by atoms with Crippen molar-refractivity contribution < 1.29 is 4.74 Å². The Balaban J connectivity index is 1.85. The van der Waals surface area contributed by atoms with Crippen molar-refractivity contribution in [3.8, 4) is 0 Å². The lowest BCUT2D eigenvalue weighted by atomic mass is 10.3. The van der Waals surface area contributed by atoms with Gasteiger partial charge in [-0.15, -0.1) is 0 Å². The zero-order valence-electron chi connectivity index (χ0n) is 8.79. The Morgan fingerprint density at radius 3 is 3.00 bits per heavy atom. The third-order valence-corrected chi connectivity index (χ3v) is 2.70. The van der Waals surface area contributed by atoms with Gasteiger partial charge in [-0.2, -0.15) is 11.3 Å². The van der Waals surface area contributed by atoms with Crippen LogP contribution in [0.4, 0.5) is 0 Å². The van der Waals surface area contributed by atoms with Crippen molar-refractivity contribution in [3.63, 3.8) is 0 Å². The monoisotopic (exact) mass is 213 g/mol. The fourth-order valence-electron chi connectivity index (χ4n) is 1.17. The molecule has 3 heteroatoms. The number of thiophene rings is 1. The lowest BCUT2D eigenvalue weighted by molar-refractivity contribution is 0.139. The Morgan fingerprint density at radius 1 is 1.36 bits per heavy atom. The largest absolute Gasteiger partial charge is 0.380 e. The minimum Gasteiger partial charge on any atom is -0.380 e. The van der Waals surface area contributed by atoms with Gasteiger partial charge in [0.1, 0.15) is 0 Å². The first-order chi connectivity index (χ1) is 6.93. The lowest BCUT2D eigenvalue weighted by Gasteiger charge is -2.04. The molecule has 1 aromatic heterocycles. The summed E-state index contributed by atoms with van der Waals surface area (Å²) in [6, 6.07) is 2.16. The SMILES string of the molecule is CCCNCCOCCc1ccsc1. The van der Waals surface area contributed by atoms with Gasteiger partial charge in [-0.1, -0.05) is 6.92 Å². The van der Waals surface area contributed by atoms with Crippen molar-refractivity contribution in [2.75, 3.05) is 26.3 Å². The molecule has 0 spiro atoms. The fourth-order valence-corrected chi connectivity index (χ4v) is 1.88. The molecule has 0 radical (unpaired) electrons. The molecule has 14 heavy (non-hydrogen) atoms. The van der Waals surface area contributed by atoms with Gasteiger partial charge in [-0.3, -0.25) is 0 Å². The van der Waals surface area contributed by atoms with Crippen molar-refractivity contribution in [3.05, 3.63) is 22.4 Å². The topological polar surface area (TPSA) is 21.3 Å². The van der Waals surface area contributed by atoms with Crippen LogP contribution in [0.25, 0.3) is 0 Å². The molecule has 1 heterocycles. The van der Waals surface area contributed by atoms with Crippen LogP contribution in [-0.2, 0) is 11.2 Å². The van der Waals surface area contributed by atoms with Gasteiger partial charge in [0.15, 0.2) is 0 Å². The molecule has 0 atom stereocenters. The van der Waals surface area contributed by atoms with Gasteiger partial charge in [-0.05, 0) is 41.8 Å². The normalized spacial score (nSPS) is 10.6. The maximum Gasteiger partial charge on any atom is 0.0591 e. The van der Waals surface area contributed by atoms with Gasteiger partial charge in [0.2, 0.25) is 0 Å². The summed E-state index contributed by atoms with van der Waals surface area (Å²) >= 11 is 1.75. The maximum absolute atomic E-state index is 5.50. The van der Waals surface area contributed by atoms with E-state index in [1.54, 1.807) is 11.3 Å². The van der Waals surface area contributed by atoms with E-state index in [2.05, 4.69) is 29.1 Å². The smallest absolute Gasteiger partial charge is 0.0591 e. The molecule has 1 aromatic rings.